The molecule has 0 radical (unpaired) electrons. The standard InChI is InChI=1S/C21H21FN8O9P2S/c22-11-4-29(19-16(11)21(31)27-8-25-19)14-2-1-10(37-14)5-36-41(34,42)39-12-3-15(38-13(12)6-35-40(32)33)30-9-28-17-18(23)24-7-26-20(17)30/h4,6-10,12,14-15H,1-3,5H2,(H4-,23,24,25,26,27,31,32,33,34,42)/p+1/b13-6+/t10-,12-,14+,15+,41?/m0/s1. The molecule has 6 rings (SSSR count). The van der Waals surface area contributed by atoms with E-state index in [4.69, 9.17) is 41.0 Å². The Morgan fingerprint density at radius 2 is 2.10 bits per heavy atom. The number of nitrogen functional groups attached to an aromatic ring is 1. The third-order valence-electron chi connectivity index (χ3n) is 6.61. The number of H-pyrrole nitrogens is 1. The second kappa shape index (κ2) is 11.3. The lowest BCUT2D eigenvalue weighted by Gasteiger charge is -2.21. The summed E-state index contributed by atoms with van der Waals surface area (Å²) in [6, 6.07) is 0. The first kappa shape index (κ1) is 28.7. The first-order valence-corrected chi connectivity index (χ1v) is 16.0. The number of hydrogen-bond donors (Lipinski definition) is 4. The van der Waals surface area contributed by atoms with Gasteiger partial charge in [-0.3, -0.25) is 13.9 Å². The number of nitrogens with two attached hydrogens (primary N) is 1. The lowest BCUT2D eigenvalue weighted by molar-refractivity contribution is -0.0198. The molecule has 2 unspecified atom stereocenters. The van der Waals surface area contributed by atoms with Crippen LogP contribution in [-0.2, 0) is 39.4 Å². The molecule has 2 aliphatic heterocycles. The molecule has 4 aromatic heterocycles. The van der Waals surface area contributed by atoms with Crippen LogP contribution in [0.15, 0.2) is 42.0 Å². The molecule has 5 N–H and O–H groups in total. The molecular formula is C21H22FN8O9P2S+. The fraction of sp³-hybridized carbons (Fsp3) is 0.381. The number of ether oxygens (including phenoxy) is 2. The van der Waals surface area contributed by atoms with E-state index in [-0.39, 0.29) is 35.6 Å². The summed E-state index contributed by atoms with van der Waals surface area (Å²) >= 11 is 5.22. The Morgan fingerprint density at radius 1 is 1.26 bits per heavy atom. The highest BCUT2D eigenvalue weighted by Gasteiger charge is 2.40. The van der Waals surface area contributed by atoms with E-state index < -0.39 is 51.0 Å². The largest absolute Gasteiger partial charge is 0.746 e. The van der Waals surface area contributed by atoms with Crippen molar-refractivity contribution >= 4 is 54.8 Å². The number of imidazole rings is 1. The summed E-state index contributed by atoms with van der Waals surface area (Å²) in [4.78, 5) is 50.6. The lowest BCUT2D eigenvalue weighted by Crippen LogP contribution is -2.18. The molecule has 0 spiro atoms. The molecule has 0 saturated carbocycles. The second-order valence-electron chi connectivity index (χ2n) is 9.22. The highest BCUT2D eigenvalue weighted by molar-refractivity contribution is 8.07. The molecular weight excluding hydrogens is 621 g/mol. The average molecular weight is 643 g/mol. The molecule has 2 fully saturated rings. The number of aromatic nitrogens is 7. The van der Waals surface area contributed by atoms with Crippen LogP contribution in [0.3, 0.4) is 0 Å². The molecule has 42 heavy (non-hydrogen) atoms. The summed E-state index contributed by atoms with van der Waals surface area (Å²) in [6.07, 6.45) is 3.92. The van der Waals surface area contributed by atoms with Crippen molar-refractivity contribution in [1.29, 1.82) is 0 Å². The van der Waals surface area contributed by atoms with Gasteiger partial charge in [0.05, 0.1) is 19.0 Å². The van der Waals surface area contributed by atoms with Gasteiger partial charge in [-0.15, -0.1) is 4.89 Å². The summed E-state index contributed by atoms with van der Waals surface area (Å²) in [6.45, 7) is -4.08. The summed E-state index contributed by atoms with van der Waals surface area (Å²) in [7, 11) is -3.00. The van der Waals surface area contributed by atoms with Crippen molar-refractivity contribution in [2.75, 3.05) is 12.3 Å². The van der Waals surface area contributed by atoms with E-state index in [1.807, 2.05) is 0 Å². The van der Waals surface area contributed by atoms with Crippen LogP contribution in [0.5, 0.6) is 0 Å². The van der Waals surface area contributed by atoms with Crippen molar-refractivity contribution in [2.45, 2.75) is 43.9 Å². The van der Waals surface area contributed by atoms with Crippen molar-refractivity contribution in [1.82, 2.24) is 34.1 Å². The predicted octanol–water partition coefficient (Wildman–Crippen LogP) is 2.01. The number of hydrogen-bond acceptors (Lipinski definition) is 13. The monoisotopic (exact) mass is 643 g/mol. The average Bonchev–Trinajstić information content (AvgIpc) is 3.72. The fourth-order valence-electron chi connectivity index (χ4n) is 4.78. The van der Waals surface area contributed by atoms with Crippen LogP contribution in [0.25, 0.3) is 22.2 Å². The van der Waals surface area contributed by atoms with Gasteiger partial charge in [-0.25, -0.2) is 28.9 Å². The normalized spacial score (nSPS) is 25.2. The van der Waals surface area contributed by atoms with Crippen LogP contribution in [0.2, 0.25) is 0 Å². The topological polar surface area (TPSA) is 224 Å². The summed E-state index contributed by atoms with van der Waals surface area (Å²) in [5, 5.41) is -0.171. The number of fused-ring (bicyclic) bond motifs is 2. The molecule has 222 valence electrons. The quantitative estimate of drug-likeness (QED) is 0.151. The first-order chi connectivity index (χ1) is 20.1. The van der Waals surface area contributed by atoms with Crippen molar-refractivity contribution in [3.05, 3.63) is 53.4 Å². The first-order valence-electron chi connectivity index (χ1n) is 12.3. The van der Waals surface area contributed by atoms with Crippen LogP contribution in [-0.4, -0.2) is 62.7 Å². The number of nitrogens with one attached hydrogen (secondary N) is 1. The van der Waals surface area contributed by atoms with Crippen LogP contribution in [0, 0.1) is 5.82 Å². The molecule has 0 amide bonds. The number of nitrogens with zero attached hydrogens (tertiary/aromatic N) is 6. The van der Waals surface area contributed by atoms with E-state index >= 15 is 0 Å². The highest BCUT2D eigenvalue weighted by atomic mass is 32.5. The fourth-order valence-corrected chi connectivity index (χ4v) is 6.39. The smallest absolute Gasteiger partial charge is 0.468 e. The zero-order valence-corrected chi connectivity index (χ0v) is 23.8. The molecule has 0 bridgehead atoms. The van der Waals surface area contributed by atoms with Gasteiger partial charge in [-0.2, -0.15) is 0 Å². The zero-order valence-electron chi connectivity index (χ0n) is 21.2. The van der Waals surface area contributed by atoms with Gasteiger partial charge in [0.2, 0.25) is 0 Å². The Labute approximate surface area is 240 Å². The lowest BCUT2D eigenvalue weighted by atomic mass is 10.2. The minimum atomic E-state index is -3.92. The van der Waals surface area contributed by atoms with Crippen molar-refractivity contribution in [3.8, 4) is 0 Å². The van der Waals surface area contributed by atoms with Crippen LogP contribution >= 0.6 is 15.0 Å². The number of halogens is 1. The molecule has 0 aliphatic carbocycles. The summed E-state index contributed by atoms with van der Waals surface area (Å²) < 4.78 is 56.2. The third-order valence-corrected chi connectivity index (χ3v) is 8.47. The van der Waals surface area contributed by atoms with Gasteiger partial charge >= 0.3 is 15.0 Å². The predicted molar refractivity (Wildman–Crippen MR) is 144 cm³/mol. The molecule has 21 heteroatoms. The van der Waals surface area contributed by atoms with E-state index in [2.05, 4.69) is 29.4 Å². The van der Waals surface area contributed by atoms with Gasteiger partial charge < -0.3 is 34.2 Å². The van der Waals surface area contributed by atoms with Gasteiger partial charge in [0, 0.05) is 17.2 Å². The van der Waals surface area contributed by atoms with E-state index in [1.165, 1.54) is 23.5 Å². The summed E-state index contributed by atoms with van der Waals surface area (Å²) in [5.74, 6) is -0.594. The van der Waals surface area contributed by atoms with Gasteiger partial charge in [0.1, 0.15) is 35.9 Å². The van der Waals surface area contributed by atoms with Crippen molar-refractivity contribution in [3.63, 3.8) is 0 Å². The van der Waals surface area contributed by atoms with Gasteiger partial charge in [-0.05, 0) is 24.6 Å². The highest BCUT2D eigenvalue weighted by Crippen LogP contribution is 2.50. The summed E-state index contributed by atoms with van der Waals surface area (Å²) in [5.41, 5.74) is 6.10. The van der Waals surface area contributed by atoms with Crippen LogP contribution < -0.4 is 11.3 Å². The molecule has 17 nitrogen and oxygen atoms in total. The second-order valence-corrected chi connectivity index (χ2v) is 12.7. The van der Waals surface area contributed by atoms with Crippen LogP contribution in [0.1, 0.15) is 31.7 Å². The molecule has 4 aromatic rings. The number of aromatic amines is 1. The van der Waals surface area contributed by atoms with Crippen molar-refractivity contribution < 1.29 is 41.8 Å². The Kier molecular flexibility index (Phi) is 7.75. The van der Waals surface area contributed by atoms with E-state index in [1.54, 1.807) is 4.57 Å². The van der Waals surface area contributed by atoms with Crippen LogP contribution in [0.4, 0.5) is 10.2 Å². The van der Waals surface area contributed by atoms with Crippen molar-refractivity contribution in [2.24, 2.45) is 0 Å². The maximum Gasteiger partial charge on any atom is 0.746 e. The van der Waals surface area contributed by atoms with Gasteiger partial charge in [-0.1, -0.05) is 0 Å². The maximum absolute atomic E-state index is 14.4. The Bertz CT molecular complexity index is 1820. The molecule has 2 saturated heterocycles. The molecule has 6 heterocycles. The Morgan fingerprint density at radius 3 is 2.90 bits per heavy atom. The molecule has 0 aromatic carbocycles. The van der Waals surface area contributed by atoms with Gasteiger partial charge in [0.25, 0.3) is 5.56 Å². The SMILES string of the molecule is Nc1ncnc2c1ncn2[C@H]1C[C@H](OP(O)(=S)OC[C@@H]2CC[C@H](n3cc(F)c4c(=O)[nH]cnc43)O2)/C(=C\O[P+](=O)O)O1. The van der Waals surface area contributed by atoms with Gasteiger partial charge in [0.15, 0.2) is 41.2 Å². The Hall–Kier alpha value is -3.41. The molecule has 6 atom stereocenters. The van der Waals surface area contributed by atoms with E-state index in [0.717, 1.165) is 12.5 Å². The minimum Gasteiger partial charge on any atom is -0.468 e. The minimum absolute atomic E-state index is 0.0330. The number of anilines is 1. The third kappa shape index (κ3) is 5.65. The maximum atomic E-state index is 14.4. The molecule has 2 aliphatic rings. The number of rotatable bonds is 9. The Balaban J connectivity index is 1.12. The van der Waals surface area contributed by atoms with E-state index in [9.17, 15) is 18.6 Å². The zero-order chi connectivity index (χ0) is 29.6. The van der Waals surface area contributed by atoms with E-state index in [0.29, 0.717) is 24.0 Å².